The topological polar surface area (TPSA) is 44.8 Å². The molecule has 88 valence electrons. The van der Waals surface area contributed by atoms with Crippen LogP contribution >= 0.6 is 0 Å². The number of carbonyl (C=O) groups excluding carboxylic acids is 1. The van der Waals surface area contributed by atoms with Gasteiger partial charge in [0.1, 0.15) is 0 Å². The van der Waals surface area contributed by atoms with Gasteiger partial charge in [-0.25, -0.2) is 0 Å². The predicted molar refractivity (Wildman–Crippen MR) is 55.3 cm³/mol. The van der Waals surface area contributed by atoms with E-state index in [1.54, 1.807) is 6.92 Å². The van der Waals surface area contributed by atoms with E-state index >= 15 is 0 Å². The first-order valence-corrected chi connectivity index (χ1v) is 5.42. The van der Waals surface area contributed by atoms with E-state index in [0.717, 1.165) is 0 Å². The summed E-state index contributed by atoms with van der Waals surface area (Å²) in [6.45, 7) is 8.52. The average Bonchev–Trinajstić information content (AvgIpc) is 2.46. The molecular formula is C11H20O4. The van der Waals surface area contributed by atoms with E-state index < -0.39 is 5.79 Å². The molecule has 0 aromatic carbocycles. The lowest BCUT2D eigenvalue weighted by molar-refractivity contribution is -0.152. The molecule has 0 aliphatic carbocycles. The first-order valence-electron chi connectivity index (χ1n) is 5.42. The van der Waals surface area contributed by atoms with Gasteiger partial charge in [-0.05, 0) is 26.7 Å². The molecule has 2 atom stereocenters. The minimum absolute atomic E-state index is 0.00981. The van der Waals surface area contributed by atoms with Crippen LogP contribution in [-0.4, -0.2) is 31.1 Å². The minimum Gasteiger partial charge on any atom is -0.466 e. The van der Waals surface area contributed by atoms with Gasteiger partial charge in [0, 0.05) is 0 Å². The molecule has 1 saturated heterocycles. The smallest absolute Gasteiger partial charge is 0.306 e. The third kappa shape index (κ3) is 3.80. The van der Waals surface area contributed by atoms with E-state index in [2.05, 4.69) is 0 Å². The Morgan fingerprint density at radius 2 is 2.27 bits per heavy atom. The minimum atomic E-state index is -0.520. The highest BCUT2D eigenvalue weighted by atomic mass is 16.7. The molecule has 15 heavy (non-hydrogen) atoms. The van der Waals surface area contributed by atoms with Gasteiger partial charge in [0.05, 0.1) is 25.7 Å². The van der Waals surface area contributed by atoms with Crippen molar-refractivity contribution in [2.75, 3.05) is 13.2 Å². The van der Waals surface area contributed by atoms with E-state index in [4.69, 9.17) is 14.2 Å². The lowest BCUT2D eigenvalue weighted by Gasteiger charge is -2.20. The van der Waals surface area contributed by atoms with Gasteiger partial charge in [-0.3, -0.25) is 4.79 Å². The Labute approximate surface area is 90.9 Å². The molecule has 4 heteroatoms. The Morgan fingerprint density at radius 1 is 1.60 bits per heavy atom. The molecule has 0 bridgehead atoms. The van der Waals surface area contributed by atoms with Crippen molar-refractivity contribution in [1.29, 1.82) is 0 Å². The van der Waals surface area contributed by atoms with Crippen molar-refractivity contribution < 1.29 is 19.0 Å². The molecule has 0 saturated carbocycles. The average molecular weight is 216 g/mol. The van der Waals surface area contributed by atoms with E-state index in [1.165, 1.54) is 0 Å². The number of hydrogen-bond donors (Lipinski definition) is 0. The summed E-state index contributed by atoms with van der Waals surface area (Å²) in [6.07, 6.45) is 0.377. The van der Waals surface area contributed by atoms with Crippen LogP contribution in [0, 0.1) is 5.92 Å². The number of hydrogen-bond acceptors (Lipinski definition) is 4. The van der Waals surface area contributed by atoms with Crippen LogP contribution in [0.2, 0.25) is 0 Å². The molecule has 4 nitrogen and oxygen atoms in total. The van der Waals surface area contributed by atoms with Crippen LogP contribution in [0.15, 0.2) is 0 Å². The largest absolute Gasteiger partial charge is 0.466 e. The molecule has 0 radical (unpaired) electrons. The monoisotopic (exact) mass is 216 g/mol. The van der Waals surface area contributed by atoms with Crippen molar-refractivity contribution in [3.8, 4) is 0 Å². The van der Waals surface area contributed by atoms with Gasteiger partial charge in [0.25, 0.3) is 0 Å². The second-order valence-electron chi connectivity index (χ2n) is 4.35. The molecular weight excluding hydrogens is 196 g/mol. The highest BCUT2D eigenvalue weighted by Gasteiger charge is 2.36. The van der Waals surface area contributed by atoms with Crippen LogP contribution in [0.4, 0.5) is 0 Å². The summed E-state index contributed by atoms with van der Waals surface area (Å²) >= 11 is 0. The zero-order valence-electron chi connectivity index (χ0n) is 9.91. The Hall–Kier alpha value is -0.610. The molecule has 0 unspecified atom stereocenters. The molecule has 1 aliphatic rings. The Kier molecular flexibility index (Phi) is 4.11. The normalized spacial score (nSPS) is 26.3. The fourth-order valence-corrected chi connectivity index (χ4v) is 1.61. The second-order valence-corrected chi connectivity index (χ2v) is 4.35. The highest BCUT2D eigenvalue weighted by Crippen LogP contribution is 2.28. The Morgan fingerprint density at radius 3 is 2.73 bits per heavy atom. The third-order valence-electron chi connectivity index (χ3n) is 2.46. The maximum atomic E-state index is 11.3. The van der Waals surface area contributed by atoms with Crippen LogP contribution in [0.25, 0.3) is 0 Å². The van der Waals surface area contributed by atoms with Gasteiger partial charge in [0.15, 0.2) is 5.79 Å². The van der Waals surface area contributed by atoms with E-state index in [9.17, 15) is 4.79 Å². The summed E-state index contributed by atoms with van der Waals surface area (Å²) in [6, 6.07) is 0. The fourth-order valence-electron chi connectivity index (χ4n) is 1.61. The number of carbonyl (C=O) groups is 1. The van der Waals surface area contributed by atoms with E-state index in [1.807, 2.05) is 20.8 Å². The molecule has 1 aliphatic heterocycles. The Bertz CT molecular complexity index is 225. The van der Waals surface area contributed by atoms with Gasteiger partial charge in [-0.1, -0.05) is 6.92 Å². The maximum Gasteiger partial charge on any atom is 0.306 e. The first-order chi connectivity index (χ1) is 6.94. The van der Waals surface area contributed by atoms with Crippen molar-refractivity contribution in [2.24, 2.45) is 5.92 Å². The molecule has 0 aromatic rings. The number of ether oxygens (including phenoxy) is 3. The predicted octanol–water partition coefficient (Wildman–Crippen LogP) is 1.73. The standard InChI is InChI=1S/C11H20O4/c1-5-13-10(12)6-8(2)9-7-14-11(3,4)15-9/h8-9H,5-7H2,1-4H3/t8-,9+/m1/s1. The van der Waals surface area contributed by atoms with Crippen LogP contribution in [0.1, 0.15) is 34.1 Å². The summed E-state index contributed by atoms with van der Waals surface area (Å²) in [5, 5.41) is 0. The van der Waals surface area contributed by atoms with Crippen molar-refractivity contribution in [3.63, 3.8) is 0 Å². The molecule has 0 aromatic heterocycles. The number of esters is 1. The maximum absolute atomic E-state index is 11.3. The Balaban J connectivity index is 2.35. The van der Waals surface area contributed by atoms with E-state index in [-0.39, 0.29) is 18.0 Å². The van der Waals surface area contributed by atoms with Crippen LogP contribution < -0.4 is 0 Å². The van der Waals surface area contributed by atoms with Gasteiger partial charge >= 0.3 is 5.97 Å². The summed E-state index contributed by atoms with van der Waals surface area (Å²) in [4.78, 5) is 11.3. The van der Waals surface area contributed by atoms with Gasteiger partial charge < -0.3 is 14.2 Å². The highest BCUT2D eigenvalue weighted by molar-refractivity contribution is 5.69. The molecule has 0 N–H and O–H groups in total. The molecule has 0 amide bonds. The van der Waals surface area contributed by atoms with Crippen molar-refractivity contribution in [2.45, 2.75) is 46.0 Å². The van der Waals surface area contributed by atoms with Crippen molar-refractivity contribution >= 4 is 5.97 Å². The van der Waals surface area contributed by atoms with Crippen molar-refractivity contribution in [3.05, 3.63) is 0 Å². The van der Waals surface area contributed by atoms with Crippen molar-refractivity contribution in [1.82, 2.24) is 0 Å². The van der Waals surface area contributed by atoms with Crippen LogP contribution in [-0.2, 0) is 19.0 Å². The quantitative estimate of drug-likeness (QED) is 0.671. The summed E-state index contributed by atoms with van der Waals surface area (Å²) in [5.41, 5.74) is 0. The SMILES string of the molecule is CCOC(=O)C[C@@H](C)[C@@H]1COC(C)(C)O1. The molecule has 1 heterocycles. The lowest BCUT2D eigenvalue weighted by Crippen LogP contribution is -2.27. The summed E-state index contributed by atoms with van der Waals surface area (Å²) in [5.74, 6) is -0.558. The third-order valence-corrected chi connectivity index (χ3v) is 2.46. The zero-order valence-corrected chi connectivity index (χ0v) is 9.91. The fraction of sp³-hybridized carbons (Fsp3) is 0.909. The lowest BCUT2D eigenvalue weighted by atomic mass is 10.0. The van der Waals surface area contributed by atoms with Crippen LogP contribution in [0.5, 0.6) is 0 Å². The molecule has 0 spiro atoms. The van der Waals surface area contributed by atoms with Gasteiger partial charge in [-0.2, -0.15) is 0 Å². The van der Waals surface area contributed by atoms with E-state index in [0.29, 0.717) is 19.6 Å². The van der Waals surface area contributed by atoms with Crippen LogP contribution in [0.3, 0.4) is 0 Å². The summed E-state index contributed by atoms with van der Waals surface area (Å²) < 4.78 is 16.0. The van der Waals surface area contributed by atoms with Gasteiger partial charge in [0.2, 0.25) is 0 Å². The van der Waals surface area contributed by atoms with Gasteiger partial charge in [-0.15, -0.1) is 0 Å². The summed E-state index contributed by atoms with van der Waals surface area (Å²) in [7, 11) is 0. The molecule has 1 rings (SSSR count). The molecule has 1 fully saturated rings. The zero-order chi connectivity index (χ0) is 11.5. The second kappa shape index (κ2) is 4.94. The first kappa shape index (κ1) is 12.5. The number of rotatable bonds is 4.